The fourth-order valence-corrected chi connectivity index (χ4v) is 2.58. The number of piperidine rings is 1. The molecule has 0 unspecified atom stereocenters. The van der Waals surface area contributed by atoms with Gasteiger partial charge in [-0.3, -0.25) is 4.79 Å². The van der Waals surface area contributed by atoms with Crippen molar-refractivity contribution in [1.29, 1.82) is 0 Å². The maximum Gasteiger partial charge on any atom is 0.224 e. The summed E-state index contributed by atoms with van der Waals surface area (Å²) in [5.74, 6) is 0.761. The third-order valence-corrected chi connectivity index (χ3v) is 3.66. The molecule has 4 nitrogen and oxygen atoms in total. The Kier molecular flexibility index (Phi) is 5.27. The molecule has 0 spiro atoms. The molecule has 1 aromatic carbocycles. The highest BCUT2D eigenvalue weighted by atomic mass is 16.5. The zero-order valence-electron chi connectivity index (χ0n) is 12.4. The summed E-state index contributed by atoms with van der Waals surface area (Å²) in [6.07, 6.45) is 5.18. The van der Waals surface area contributed by atoms with Crippen LogP contribution in [0.3, 0.4) is 0 Å². The van der Waals surface area contributed by atoms with Crippen molar-refractivity contribution in [3.63, 3.8) is 0 Å². The second kappa shape index (κ2) is 7.17. The van der Waals surface area contributed by atoms with Crippen LogP contribution >= 0.6 is 0 Å². The monoisotopic (exact) mass is 276 g/mol. The molecule has 1 N–H and O–H groups in total. The van der Waals surface area contributed by atoms with Gasteiger partial charge in [0.1, 0.15) is 5.75 Å². The van der Waals surface area contributed by atoms with E-state index in [4.69, 9.17) is 4.74 Å². The largest absolute Gasteiger partial charge is 0.495 e. The molecule has 0 saturated carbocycles. The molecule has 0 aromatic heterocycles. The Labute approximate surface area is 121 Å². The van der Waals surface area contributed by atoms with E-state index in [-0.39, 0.29) is 5.91 Å². The van der Waals surface area contributed by atoms with E-state index in [0.29, 0.717) is 6.42 Å². The van der Waals surface area contributed by atoms with E-state index in [1.54, 1.807) is 7.11 Å². The van der Waals surface area contributed by atoms with E-state index in [2.05, 4.69) is 16.3 Å². The average molecular weight is 276 g/mol. The molecule has 1 heterocycles. The Bertz CT molecular complexity index is 454. The Morgan fingerprint density at radius 3 is 2.70 bits per heavy atom. The van der Waals surface area contributed by atoms with Gasteiger partial charge >= 0.3 is 0 Å². The molecule has 0 atom stereocenters. The van der Waals surface area contributed by atoms with Crippen LogP contribution in [0.4, 0.5) is 11.4 Å². The number of carbonyl (C=O) groups excluding carboxylic acids is 1. The number of anilines is 2. The van der Waals surface area contributed by atoms with Crippen molar-refractivity contribution in [2.75, 3.05) is 30.4 Å². The molecule has 20 heavy (non-hydrogen) atoms. The predicted octanol–water partition coefficient (Wildman–Crippen LogP) is 3.42. The highest BCUT2D eigenvalue weighted by Crippen LogP contribution is 2.31. The molecule has 0 radical (unpaired) electrons. The molecule has 1 amide bonds. The van der Waals surface area contributed by atoms with Crippen molar-refractivity contribution in [2.45, 2.75) is 39.0 Å². The molecule has 1 fully saturated rings. The van der Waals surface area contributed by atoms with Gasteiger partial charge in [0.15, 0.2) is 0 Å². The zero-order valence-corrected chi connectivity index (χ0v) is 12.4. The summed E-state index contributed by atoms with van der Waals surface area (Å²) < 4.78 is 5.33. The maximum atomic E-state index is 11.8. The number of nitrogens with one attached hydrogen (secondary N) is 1. The van der Waals surface area contributed by atoms with E-state index in [0.717, 1.165) is 36.6 Å². The van der Waals surface area contributed by atoms with E-state index in [1.165, 1.54) is 19.3 Å². The van der Waals surface area contributed by atoms with Gasteiger partial charge < -0.3 is 15.0 Å². The second-order valence-corrected chi connectivity index (χ2v) is 5.23. The van der Waals surface area contributed by atoms with Crippen LogP contribution in [-0.4, -0.2) is 26.1 Å². The SMILES string of the molecule is CCCC(=O)Nc1cc(N2CCCCC2)ccc1OC. The third kappa shape index (κ3) is 3.65. The van der Waals surface area contributed by atoms with Crippen LogP contribution in [0, 0.1) is 0 Å². The lowest BCUT2D eigenvalue weighted by Crippen LogP contribution is -2.29. The Morgan fingerprint density at radius 1 is 1.30 bits per heavy atom. The second-order valence-electron chi connectivity index (χ2n) is 5.23. The lowest BCUT2D eigenvalue weighted by atomic mass is 10.1. The van der Waals surface area contributed by atoms with Crippen LogP contribution in [0.5, 0.6) is 5.75 Å². The first kappa shape index (κ1) is 14.7. The highest BCUT2D eigenvalue weighted by Gasteiger charge is 2.14. The number of benzene rings is 1. The summed E-state index contributed by atoms with van der Waals surface area (Å²) in [6.45, 7) is 4.18. The van der Waals surface area contributed by atoms with Gasteiger partial charge in [0.05, 0.1) is 12.8 Å². The minimum Gasteiger partial charge on any atom is -0.495 e. The van der Waals surface area contributed by atoms with Gasteiger partial charge in [-0.25, -0.2) is 0 Å². The van der Waals surface area contributed by atoms with Gasteiger partial charge in [0.2, 0.25) is 5.91 Å². The topological polar surface area (TPSA) is 41.6 Å². The number of hydrogen-bond acceptors (Lipinski definition) is 3. The van der Waals surface area contributed by atoms with E-state index in [9.17, 15) is 4.79 Å². The Hall–Kier alpha value is -1.71. The van der Waals surface area contributed by atoms with Crippen molar-refractivity contribution in [2.24, 2.45) is 0 Å². The van der Waals surface area contributed by atoms with Crippen molar-refractivity contribution in [3.8, 4) is 5.75 Å². The van der Waals surface area contributed by atoms with Gasteiger partial charge in [-0.05, 0) is 43.9 Å². The summed E-state index contributed by atoms with van der Waals surface area (Å²) in [7, 11) is 1.63. The number of rotatable bonds is 5. The van der Waals surface area contributed by atoms with Gasteiger partial charge in [-0.1, -0.05) is 6.92 Å². The molecule has 1 saturated heterocycles. The quantitative estimate of drug-likeness (QED) is 0.896. The van der Waals surface area contributed by atoms with E-state index < -0.39 is 0 Å². The minimum absolute atomic E-state index is 0.0431. The first-order valence-electron chi connectivity index (χ1n) is 7.47. The molecule has 0 aliphatic carbocycles. The molecular formula is C16H24N2O2. The average Bonchev–Trinajstić information content (AvgIpc) is 2.48. The van der Waals surface area contributed by atoms with Gasteiger partial charge in [-0.15, -0.1) is 0 Å². The van der Waals surface area contributed by atoms with Crippen LogP contribution in [0.25, 0.3) is 0 Å². The summed E-state index contributed by atoms with van der Waals surface area (Å²) in [4.78, 5) is 14.2. The van der Waals surface area contributed by atoms with Crippen molar-refractivity contribution >= 4 is 17.3 Å². The molecule has 1 aliphatic heterocycles. The first-order chi connectivity index (χ1) is 9.74. The smallest absolute Gasteiger partial charge is 0.224 e. The van der Waals surface area contributed by atoms with Crippen LogP contribution in [0.15, 0.2) is 18.2 Å². The number of carbonyl (C=O) groups is 1. The van der Waals surface area contributed by atoms with Crippen LogP contribution < -0.4 is 15.0 Å². The normalized spacial score (nSPS) is 15.0. The number of ether oxygens (including phenoxy) is 1. The van der Waals surface area contributed by atoms with Crippen LogP contribution in [-0.2, 0) is 4.79 Å². The molecule has 1 aliphatic rings. The zero-order chi connectivity index (χ0) is 14.4. The number of methoxy groups -OCH3 is 1. The minimum atomic E-state index is 0.0431. The lowest BCUT2D eigenvalue weighted by Gasteiger charge is -2.29. The molecule has 0 bridgehead atoms. The van der Waals surface area contributed by atoms with E-state index >= 15 is 0 Å². The molecule has 4 heteroatoms. The molecule has 1 aromatic rings. The number of nitrogens with zero attached hydrogens (tertiary/aromatic N) is 1. The highest BCUT2D eigenvalue weighted by molar-refractivity contribution is 5.93. The predicted molar refractivity (Wildman–Crippen MR) is 82.6 cm³/mol. The maximum absolute atomic E-state index is 11.8. The van der Waals surface area contributed by atoms with Crippen molar-refractivity contribution in [3.05, 3.63) is 18.2 Å². The molecular weight excluding hydrogens is 252 g/mol. The first-order valence-corrected chi connectivity index (χ1v) is 7.47. The van der Waals surface area contributed by atoms with Crippen LogP contribution in [0.1, 0.15) is 39.0 Å². The van der Waals surface area contributed by atoms with Crippen LogP contribution in [0.2, 0.25) is 0 Å². The number of amides is 1. The summed E-state index contributed by atoms with van der Waals surface area (Å²) in [6, 6.07) is 6.03. The number of hydrogen-bond donors (Lipinski definition) is 1. The standard InChI is InChI=1S/C16H24N2O2/c1-3-7-16(19)17-14-12-13(8-9-15(14)20-2)18-10-5-4-6-11-18/h8-9,12H,3-7,10-11H2,1-2H3,(H,17,19). The molecule has 2 rings (SSSR count). The summed E-state index contributed by atoms with van der Waals surface area (Å²) in [5.41, 5.74) is 1.94. The summed E-state index contributed by atoms with van der Waals surface area (Å²) >= 11 is 0. The van der Waals surface area contributed by atoms with Crippen molar-refractivity contribution < 1.29 is 9.53 Å². The van der Waals surface area contributed by atoms with Crippen molar-refractivity contribution in [1.82, 2.24) is 0 Å². The van der Waals surface area contributed by atoms with E-state index in [1.807, 2.05) is 19.1 Å². The fraction of sp³-hybridized carbons (Fsp3) is 0.562. The lowest BCUT2D eigenvalue weighted by molar-refractivity contribution is -0.116. The van der Waals surface area contributed by atoms with Gasteiger partial charge in [-0.2, -0.15) is 0 Å². The Balaban J connectivity index is 2.16. The Morgan fingerprint density at radius 2 is 2.05 bits per heavy atom. The molecule has 110 valence electrons. The van der Waals surface area contributed by atoms with Gasteiger partial charge in [0, 0.05) is 25.2 Å². The fourth-order valence-electron chi connectivity index (χ4n) is 2.58. The third-order valence-electron chi connectivity index (χ3n) is 3.66. The van der Waals surface area contributed by atoms with Gasteiger partial charge in [0.25, 0.3) is 0 Å². The summed E-state index contributed by atoms with van der Waals surface area (Å²) in [5, 5.41) is 2.95.